The van der Waals surface area contributed by atoms with Crippen LogP contribution in [-0.2, 0) is 6.42 Å². The van der Waals surface area contributed by atoms with E-state index >= 15 is 0 Å². The summed E-state index contributed by atoms with van der Waals surface area (Å²) in [5.74, 6) is 0. The molecule has 0 bridgehead atoms. The van der Waals surface area contributed by atoms with Gasteiger partial charge in [0.2, 0.25) is 0 Å². The Balaban J connectivity index is 2.55. The minimum atomic E-state index is 0.407. The number of benzene rings is 1. The summed E-state index contributed by atoms with van der Waals surface area (Å²) in [5.41, 5.74) is 4.18. The second-order valence-corrected chi connectivity index (χ2v) is 3.62. The van der Waals surface area contributed by atoms with Gasteiger partial charge >= 0.3 is 0 Å². The Labute approximate surface area is 94.4 Å². The Bertz CT molecular complexity index is 527. The van der Waals surface area contributed by atoms with Crippen LogP contribution < -0.4 is 0 Å². The summed E-state index contributed by atoms with van der Waals surface area (Å²) in [4.78, 5) is 8.00. The lowest BCUT2D eigenvalue weighted by molar-refractivity contribution is 1.16. The Morgan fingerprint density at radius 2 is 2.00 bits per heavy atom. The zero-order chi connectivity index (χ0) is 11.4. The Morgan fingerprint density at radius 1 is 1.25 bits per heavy atom. The molecule has 0 radical (unpaired) electrons. The van der Waals surface area contributed by atoms with Crippen molar-refractivity contribution in [3.8, 4) is 17.2 Å². The molecule has 0 atom stereocenters. The molecule has 0 saturated heterocycles. The molecule has 3 nitrogen and oxygen atoms in total. The fraction of sp³-hybridized carbons (Fsp3) is 0.154. The van der Waals surface area contributed by atoms with Crippen LogP contribution in [0.5, 0.6) is 0 Å². The standard InChI is InChI=1S/C13H11N3/c1-10-2-3-11(4-5-14)13(6-10)12-7-15-9-16-8-12/h2-3,6-9H,4H2,1H3. The quantitative estimate of drug-likeness (QED) is 0.763. The van der Waals surface area contributed by atoms with Gasteiger partial charge in [-0.05, 0) is 18.1 Å². The predicted molar refractivity (Wildman–Crippen MR) is 61.5 cm³/mol. The molecule has 0 unspecified atom stereocenters. The third-order valence-corrected chi connectivity index (χ3v) is 2.41. The molecule has 1 aromatic heterocycles. The molecular formula is C13H11N3. The fourth-order valence-electron chi connectivity index (χ4n) is 1.64. The molecule has 1 aromatic carbocycles. The molecule has 0 saturated carbocycles. The van der Waals surface area contributed by atoms with Crippen molar-refractivity contribution in [3.05, 3.63) is 48.0 Å². The number of aryl methyl sites for hydroxylation is 1. The monoisotopic (exact) mass is 209 g/mol. The van der Waals surface area contributed by atoms with Crippen molar-refractivity contribution in [2.24, 2.45) is 0 Å². The van der Waals surface area contributed by atoms with Crippen molar-refractivity contribution < 1.29 is 0 Å². The van der Waals surface area contributed by atoms with Crippen LogP contribution in [0, 0.1) is 18.3 Å². The first-order chi connectivity index (χ1) is 7.81. The van der Waals surface area contributed by atoms with Gasteiger partial charge in [-0.1, -0.05) is 23.8 Å². The summed E-state index contributed by atoms with van der Waals surface area (Å²) in [6, 6.07) is 8.23. The second kappa shape index (κ2) is 4.54. The molecule has 0 aliphatic heterocycles. The smallest absolute Gasteiger partial charge is 0.115 e. The third-order valence-electron chi connectivity index (χ3n) is 2.41. The van der Waals surface area contributed by atoms with Gasteiger partial charge < -0.3 is 0 Å². The van der Waals surface area contributed by atoms with Gasteiger partial charge in [0.25, 0.3) is 0 Å². The van der Waals surface area contributed by atoms with Crippen molar-refractivity contribution in [1.82, 2.24) is 9.97 Å². The highest BCUT2D eigenvalue weighted by Gasteiger charge is 2.05. The van der Waals surface area contributed by atoms with Gasteiger partial charge in [0, 0.05) is 18.0 Å². The maximum atomic E-state index is 8.78. The van der Waals surface area contributed by atoms with E-state index in [1.54, 1.807) is 12.4 Å². The number of rotatable bonds is 2. The van der Waals surface area contributed by atoms with E-state index in [1.165, 1.54) is 11.9 Å². The first kappa shape index (κ1) is 10.3. The maximum Gasteiger partial charge on any atom is 0.115 e. The van der Waals surface area contributed by atoms with E-state index in [-0.39, 0.29) is 0 Å². The van der Waals surface area contributed by atoms with Crippen molar-refractivity contribution in [2.75, 3.05) is 0 Å². The highest BCUT2D eigenvalue weighted by molar-refractivity contribution is 5.67. The van der Waals surface area contributed by atoms with E-state index in [9.17, 15) is 0 Å². The molecule has 0 aliphatic carbocycles. The van der Waals surface area contributed by atoms with Crippen molar-refractivity contribution in [2.45, 2.75) is 13.3 Å². The molecular weight excluding hydrogens is 198 g/mol. The predicted octanol–water partition coefficient (Wildman–Crippen LogP) is 2.52. The fourth-order valence-corrected chi connectivity index (χ4v) is 1.64. The molecule has 2 rings (SSSR count). The lowest BCUT2D eigenvalue weighted by Crippen LogP contribution is -1.91. The molecule has 1 heterocycles. The van der Waals surface area contributed by atoms with E-state index in [1.807, 2.05) is 19.1 Å². The second-order valence-electron chi connectivity index (χ2n) is 3.62. The average Bonchev–Trinajstić information content (AvgIpc) is 2.33. The van der Waals surface area contributed by atoms with Crippen LogP contribution in [-0.4, -0.2) is 9.97 Å². The molecule has 2 aromatic rings. The van der Waals surface area contributed by atoms with Crippen LogP contribution in [0.1, 0.15) is 11.1 Å². The van der Waals surface area contributed by atoms with Crippen LogP contribution in [0.15, 0.2) is 36.9 Å². The molecule has 0 N–H and O–H groups in total. The summed E-state index contributed by atoms with van der Waals surface area (Å²) in [6.07, 6.45) is 5.44. The van der Waals surface area contributed by atoms with Gasteiger partial charge in [-0.25, -0.2) is 9.97 Å². The Hall–Kier alpha value is -2.21. The molecule has 16 heavy (non-hydrogen) atoms. The van der Waals surface area contributed by atoms with Crippen molar-refractivity contribution in [3.63, 3.8) is 0 Å². The first-order valence-corrected chi connectivity index (χ1v) is 5.03. The normalized spacial score (nSPS) is 9.75. The van der Waals surface area contributed by atoms with Crippen molar-refractivity contribution in [1.29, 1.82) is 5.26 Å². The van der Waals surface area contributed by atoms with E-state index in [0.29, 0.717) is 6.42 Å². The topological polar surface area (TPSA) is 49.6 Å². The summed E-state index contributed by atoms with van der Waals surface area (Å²) < 4.78 is 0. The van der Waals surface area contributed by atoms with Gasteiger partial charge in [-0.2, -0.15) is 5.26 Å². The average molecular weight is 209 g/mol. The summed E-state index contributed by atoms with van der Waals surface area (Å²) in [6.45, 7) is 2.03. The highest BCUT2D eigenvalue weighted by atomic mass is 14.8. The van der Waals surface area contributed by atoms with Crippen LogP contribution in [0.25, 0.3) is 11.1 Å². The van der Waals surface area contributed by atoms with E-state index in [0.717, 1.165) is 16.7 Å². The number of nitriles is 1. The largest absolute Gasteiger partial charge is 0.244 e. The van der Waals surface area contributed by atoms with Crippen LogP contribution in [0.2, 0.25) is 0 Å². The van der Waals surface area contributed by atoms with E-state index in [2.05, 4.69) is 22.1 Å². The Morgan fingerprint density at radius 3 is 2.69 bits per heavy atom. The third kappa shape index (κ3) is 2.06. The van der Waals surface area contributed by atoms with Crippen LogP contribution in [0.3, 0.4) is 0 Å². The van der Waals surface area contributed by atoms with Gasteiger partial charge in [0.15, 0.2) is 0 Å². The van der Waals surface area contributed by atoms with Gasteiger partial charge in [0.1, 0.15) is 6.33 Å². The van der Waals surface area contributed by atoms with Gasteiger partial charge in [0.05, 0.1) is 12.5 Å². The first-order valence-electron chi connectivity index (χ1n) is 5.03. The lowest BCUT2D eigenvalue weighted by atomic mass is 9.98. The molecule has 0 fully saturated rings. The van der Waals surface area contributed by atoms with E-state index < -0.39 is 0 Å². The minimum Gasteiger partial charge on any atom is -0.244 e. The zero-order valence-corrected chi connectivity index (χ0v) is 9.01. The van der Waals surface area contributed by atoms with Gasteiger partial charge in [-0.15, -0.1) is 0 Å². The van der Waals surface area contributed by atoms with Crippen molar-refractivity contribution >= 4 is 0 Å². The molecule has 0 aliphatic rings. The summed E-state index contributed by atoms with van der Waals surface area (Å²) in [7, 11) is 0. The molecule has 78 valence electrons. The SMILES string of the molecule is Cc1ccc(CC#N)c(-c2cncnc2)c1. The Kier molecular flexibility index (Phi) is 2.93. The van der Waals surface area contributed by atoms with Gasteiger partial charge in [-0.3, -0.25) is 0 Å². The maximum absolute atomic E-state index is 8.78. The zero-order valence-electron chi connectivity index (χ0n) is 9.01. The summed E-state index contributed by atoms with van der Waals surface area (Å²) in [5, 5.41) is 8.78. The van der Waals surface area contributed by atoms with Crippen LogP contribution >= 0.6 is 0 Å². The summed E-state index contributed by atoms with van der Waals surface area (Å²) >= 11 is 0. The number of nitrogens with zero attached hydrogens (tertiary/aromatic N) is 3. The molecule has 0 amide bonds. The number of hydrogen-bond acceptors (Lipinski definition) is 3. The molecule has 0 spiro atoms. The molecule has 3 heteroatoms. The lowest BCUT2D eigenvalue weighted by Gasteiger charge is -2.07. The highest BCUT2D eigenvalue weighted by Crippen LogP contribution is 2.23. The minimum absolute atomic E-state index is 0.407. The number of aromatic nitrogens is 2. The van der Waals surface area contributed by atoms with Crippen LogP contribution in [0.4, 0.5) is 0 Å². The van der Waals surface area contributed by atoms with E-state index in [4.69, 9.17) is 5.26 Å². The number of hydrogen-bond donors (Lipinski definition) is 0.